The molecule has 6 rings (SSSR count). The SMILES string of the molecule is Cc1cc(C)cc(-n2ccc3cc(NC4c5ccc6c(c5C(C)(C)CC4(O)C(F)(F)F)CCO6)ccc32)c1. The van der Waals surface area contributed by atoms with E-state index in [1.54, 1.807) is 32.0 Å². The average Bonchev–Trinajstić information content (AvgIpc) is 3.46. The lowest BCUT2D eigenvalue weighted by atomic mass is 9.62. The zero-order chi connectivity index (χ0) is 27.0. The van der Waals surface area contributed by atoms with Gasteiger partial charge in [-0.15, -0.1) is 0 Å². The molecular formula is C31H31F3N2O2. The topological polar surface area (TPSA) is 46.4 Å². The number of halogens is 3. The van der Waals surface area contributed by atoms with E-state index in [2.05, 4.69) is 41.9 Å². The Morgan fingerprint density at radius 3 is 2.45 bits per heavy atom. The Morgan fingerprint density at radius 2 is 1.74 bits per heavy atom. The van der Waals surface area contributed by atoms with Gasteiger partial charge in [-0.3, -0.25) is 0 Å². The molecule has 0 spiro atoms. The van der Waals surface area contributed by atoms with E-state index in [9.17, 15) is 18.3 Å². The molecule has 4 aromatic rings. The first-order valence-corrected chi connectivity index (χ1v) is 12.9. The molecule has 2 heterocycles. The summed E-state index contributed by atoms with van der Waals surface area (Å²) in [6.45, 7) is 8.17. The summed E-state index contributed by atoms with van der Waals surface area (Å²) in [5, 5.41) is 15.3. The minimum absolute atomic E-state index is 0.448. The summed E-state index contributed by atoms with van der Waals surface area (Å²) in [7, 11) is 0. The number of ether oxygens (including phenoxy) is 1. The average molecular weight is 521 g/mol. The van der Waals surface area contributed by atoms with Gasteiger partial charge in [-0.05, 0) is 90.4 Å². The lowest BCUT2D eigenvalue weighted by Gasteiger charge is -2.49. The summed E-state index contributed by atoms with van der Waals surface area (Å²) >= 11 is 0. The molecule has 7 heteroatoms. The van der Waals surface area contributed by atoms with E-state index in [1.165, 1.54) is 0 Å². The first kappa shape index (κ1) is 24.9. The number of alkyl halides is 3. The van der Waals surface area contributed by atoms with Crippen molar-refractivity contribution in [2.75, 3.05) is 11.9 Å². The number of aryl methyl sites for hydroxylation is 2. The first-order valence-electron chi connectivity index (χ1n) is 12.9. The van der Waals surface area contributed by atoms with Crippen LogP contribution in [-0.2, 0) is 11.8 Å². The Balaban J connectivity index is 1.45. The second kappa shape index (κ2) is 8.27. The van der Waals surface area contributed by atoms with Gasteiger partial charge >= 0.3 is 6.18 Å². The second-order valence-corrected chi connectivity index (χ2v) is 11.5. The van der Waals surface area contributed by atoms with Crippen molar-refractivity contribution >= 4 is 16.6 Å². The van der Waals surface area contributed by atoms with Gasteiger partial charge in [-0.25, -0.2) is 0 Å². The number of nitrogens with one attached hydrogen (secondary N) is 1. The Kier molecular flexibility index (Phi) is 5.41. The smallest absolute Gasteiger partial charge is 0.419 e. The van der Waals surface area contributed by atoms with Crippen LogP contribution in [-0.4, -0.2) is 28.1 Å². The molecule has 0 bridgehead atoms. The zero-order valence-electron chi connectivity index (χ0n) is 21.9. The van der Waals surface area contributed by atoms with Crippen molar-refractivity contribution in [2.45, 2.75) is 63.8 Å². The summed E-state index contributed by atoms with van der Waals surface area (Å²) < 4.78 is 51.5. The predicted octanol–water partition coefficient (Wildman–Crippen LogP) is 7.31. The molecule has 0 radical (unpaired) electrons. The molecule has 3 aromatic carbocycles. The number of nitrogens with zero attached hydrogens (tertiary/aromatic N) is 1. The maximum atomic E-state index is 14.6. The van der Waals surface area contributed by atoms with Crippen molar-refractivity contribution in [3.05, 3.63) is 88.6 Å². The van der Waals surface area contributed by atoms with E-state index in [0.29, 0.717) is 24.3 Å². The molecule has 0 saturated heterocycles. The van der Waals surface area contributed by atoms with Crippen LogP contribution in [0, 0.1) is 13.8 Å². The molecule has 2 atom stereocenters. The minimum Gasteiger partial charge on any atom is -0.493 e. The fourth-order valence-electron chi connectivity index (χ4n) is 6.63. The summed E-state index contributed by atoms with van der Waals surface area (Å²) in [6.07, 6.45) is -2.66. The number of hydrogen-bond acceptors (Lipinski definition) is 3. The standard InChI is InChI=1S/C31H31F3N2O2/c1-18-13-19(2)15-22(14-18)36-11-9-20-16-21(5-7-25(20)36)35-28-24-6-8-26-23(10-12-38-26)27(24)29(3,4)17-30(28,37)31(32,33)34/h5-9,11,13-16,28,35,37H,10,12,17H2,1-4H3. The molecule has 0 amide bonds. The Labute approximate surface area is 220 Å². The van der Waals surface area contributed by atoms with Gasteiger partial charge < -0.3 is 19.7 Å². The van der Waals surface area contributed by atoms with Gasteiger partial charge in [0.05, 0.1) is 18.2 Å². The number of aromatic nitrogens is 1. The molecule has 4 nitrogen and oxygen atoms in total. The molecule has 2 aliphatic rings. The maximum Gasteiger partial charge on any atom is 0.419 e. The van der Waals surface area contributed by atoms with Gasteiger partial charge in [0, 0.05) is 34.9 Å². The minimum atomic E-state index is -4.83. The first-order chi connectivity index (χ1) is 17.9. The molecule has 1 aliphatic heterocycles. The number of benzene rings is 3. The molecule has 198 valence electrons. The molecule has 0 fully saturated rings. The molecular weight excluding hydrogens is 489 g/mol. The molecule has 38 heavy (non-hydrogen) atoms. The van der Waals surface area contributed by atoms with Crippen LogP contribution in [0.3, 0.4) is 0 Å². The van der Waals surface area contributed by atoms with E-state index >= 15 is 0 Å². The molecule has 0 saturated carbocycles. The van der Waals surface area contributed by atoms with E-state index in [0.717, 1.165) is 44.6 Å². The van der Waals surface area contributed by atoms with Crippen molar-refractivity contribution in [3.8, 4) is 11.4 Å². The van der Waals surface area contributed by atoms with Crippen molar-refractivity contribution in [1.29, 1.82) is 0 Å². The summed E-state index contributed by atoms with van der Waals surface area (Å²) in [4.78, 5) is 0. The number of rotatable bonds is 3. The van der Waals surface area contributed by atoms with E-state index in [1.807, 2.05) is 24.4 Å². The Hall–Kier alpha value is -3.45. The maximum absolute atomic E-state index is 14.6. The number of anilines is 1. The van der Waals surface area contributed by atoms with Crippen LogP contribution in [0.2, 0.25) is 0 Å². The largest absolute Gasteiger partial charge is 0.493 e. The van der Waals surface area contributed by atoms with Crippen molar-refractivity contribution in [1.82, 2.24) is 4.57 Å². The number of hydrogen-bond donors (Lipinski definition) is 2. The van der Waals surface area contributed by atoms with Crippen LogP contribution in [0.25, 0.3) is 16.6 Å². The second-order valence-electron chi connectivity index (χ2n) is 11.5. The van der Waals surface area contributed by atoms with E-state index in [4.69, 9.17) is 4.74 Å². The third-order valence-electron chi connectivity index (χ3n) is 8.07. The van der Waals surface area contributed by atoms with Crippen LogP contribution >= 0.6 is 0 Å². The van der Waals surface area contributed by atoms with Gasteiger partial charge in [0.15, 0.2) is 5.60 Å². The monoisotopic (exact) mass is 520 g/mol. The number of aliphatic hydroxyl groups is 1. The highest BCUT2D eigenvalue weighted by molar-refractivity contribution is 5.85. The lowest BCUT2D eigenvalue weighted by molar-refractivity contribution is -0.275. The lowest BCUT2D eigenvalue weighted by Crippen LogP contribution is -2.58. The van der Waals surface area contributed by atoms with Crippen LogP contribution < -0.4 is 10.1 Å². The summed E-state index contributed by atoms with van der Waals surface area (Å²) in [5.74, 6) is 0.724. The predicted molar refractivity (Wildman–Crippen MR) is 143 cm³/mol. The van der Waals surface area contributed by atoms with Crippen molar-refractivity contribution in [2.24, 2.45) is 0 Å². The quantitative estimate of drug-likeness (QED) is 0.298. The highest BCUT2D eigenvalue weighted by Gasteiger charge is 2.64. The molecule has 2 N–H and O–H groups in total. The normalized spacial score (nSPS) is 22.2. The van der Waals surface area contributed by atoms with Gasteiger partial charge in [0.1, 0.15) is 5.75 Å². The zero-order valence-corrected chi connectivity index (χ0v) is 21.9. The fourth-order valence-corrected chi connectivity index (χ4v) is 6.63. The molecule has 1 aromatic heterocycles. The van der Waals surface area contributed by atoms with E-state index in [-0.39, 0.29) is 0 Å². The van der Waals surface area contributed by atoms with Crippen LogP contribution in [0.15, 0.2) is 60.8 Å². The molecule has 2 unspecified atom stereocenters. The van der Waals surface area contributed by atoms with Gasteiger partial charge in [0.25, 0.3) is 0 Å². The van der Waals surface area contributed by atoms with Gasteiger partial charge in [0.2, 0.25) is 0 Å². The van der Waals surface area contributed by atoms with Crippen molar-refractivity contribution in [3.63, 3.8) is 0 Å². The third-order valence-corrected chi connectivity index (χ3v) is 8.07. The van der Waals surface area contributed by atoms with Crippen LogP contribution in [0.5, 0.6) is 5.75 Å². The Morgan fingerprint density at radius 1 is 1.00 bits per heavy atom. The highest BCUT2D eigenvalue weighted by Crippen LogP contribution is 2.56. The van der Waals surface area contributed by atoms with E-state index < -0.39 is 29.7 Å². The van der Waals surface area contributed by atoms with Crippen LogP contribution in [0.1, 0.15) is 54.1 Å². The third kappa shape index (κ3) is 3.78. The molecule has 1 aliphatic carbocycles. The van der Waals surface area contributed by atoms with Crippen LogP contribution in [0.4, 0.5) is 18.9 Å². The highest BCUT2D eigenvalue weighted by atomic mass is 19.4. The van der Waals surface area contributed by atoms with Gasteiger partial charge in [-0.2, -0.15) is 13.2 Å². The fraction of sp³-hybridized carbons (Fsp3) is 0.355. The van der Waals surface area contributed by atoms with Crippen molar-refractivity contribution < 1.29 is 23.0 Å². The summed E-state index contributed by atoms with van der Waals surface area (Å²) in [6, 6.07) is 15.9. The Bertz CT molecular complexity index is 1550. The summed E-state index contributed by atoms with van der Waals surface area (Å²) in [5.41, 5.74) is 3.25. The van der Waals surface area contributed by atoms with Gasteiger partial charge in [-0.1, -0.05) is 26.0 Å². The number of fused-ring (bicyclic) bond motifs is 4.